The van der Waals surface area contributed by atoms with E-state index in [4.69, 9.17) is 5.26 Å². The van der Waals surface area contributed by atoms with Crippen molar-refractivity contribution in [1.82, 2.24) is 0 Å². The van der Waals surface area contributed by atoms with Crippen LogP contribution in [0.15, 0.2) is 27.6 Å². The lowest BCUT2D eigenvalue weighted by Crippen LogP contribution is -1.82. The number of halogens is 1. The zero-order valence-electron chi connectivity index (χ0n) is 6.67. The molecule has 1 rings (SSSR count). The fourth-order valence-electron chi connectivity index (χ4n) is 0.911. The van der Waals surface area contributed by atoms with Crippen molar-refractivity contribution in [3.8, 4) is 6.07 Å². The van der Waals surface area contributed by atoms with Crippen LogP contribution in [0.1, 0.15) is 5.56 Å². The molecule has 0 atom stereocenters. The molecule has 1 aromatic carbocycles. The first-order valence-electron chi connectivity index (χ1n) is 3.47. The van der Waals surface area contributed by atoms with Crippen molar-refractivity contribution in [3.63, 3.8) is 0 Å². The second-order valence-electron chi connectivity index (χ2n) is 2.30. The van der Waals surface area contributed by atoms with E-state index in [-0.39, 0.29) is 0 Å². The van der Waals surface area contributed by atoms with Gasteiger partial charge in [0.05, 0.1) is 12.5 Å². The van der Waals surface area contributed by atoms with E-state index in [1.54, 1.807) is 11.8 Å². The van der Waals surface area contributed by atoms with Gasteiger partial charge >= 0.3 is 0 Å². The third-order valence-electron chi connectivity index (χ3n) is 1.50. The molecule has 0 radical (unpaired) electrons. The average Bonchev–Trinajstić information content (AvgIpc) is 2.05. The van der Waals surface area contributed by atoms with E-state index < -0.39 is 0 Å². The van der Waals surface area contributed by atoms with Crippen LogP contribution in [-0.2, 0) is 6.42 Å². The minimum absolute atomic E-state index is 0.479. The summed E-state index contributed by atoms with van der Waals surface area (Å²) in [6.07, 6.45) is 2.51. The van der Waals surface area contributed by atoms with Gasteiger partial charge < -0.3 is 0 Å². The summed E-state index contributed by atoms with van der Waals surface area (Å²) in [5, 5.41) is 8.47. The molecule has 0 aliphatic heterocycles. The molecule has 62 valence electrons. The molecule has 0 unspecified atom stereocenters. The highest BCUT2D eigenvalue weighted by Gasteiger charge is 1.99. The quantitative estimate of drug-likeness (QED) is 0.743. The predicted octanol–water partition coefficient (Wildman–Crippen LogP) is 3.24. The molecule has 0 amide bonds. The third-order valence-corrected chi connectivity index (χ3v) is 3.21. The highest BCUT2D eigenvalue weighted by Crippen LogP contribution is 2.26. The Morgan fingerprint density at radius 3 is 2.83 bits per heavy atom. The van der Waals surface area contributed by atoms with Gasteiger partial charge in [0.1, 0.15) is 0 Å². The summed E-state index contributed by atoms with van der Waals surface area (Å²) in [5.74, 6) is 0. The van der Waals surface area contributed by atoms with E-state index in [2.05, 4.69) is 22.0 Å². The van der Waals surface area contributed by atoms with Crippen molar-refractivity contribution >= 4 is 27.7 Å². The normalized spacial score (nSPS) is 9.42. The maximum atomic E-state index is 8.47. The molecule has 1 aromatic rings. The Morgan fingerprint density at radius 2 is 2.33 bits per heavy atom. The molecule has 0 saturated heterocycles. The summed E-state index contributed by atoms with van der Waals surface area (Å²) in [5.41, 5.74) is 1.06. The highest BCUT2D eigenvalue weighted by molar-refractivity contribution is 9.10. The minimum Gasteiger partial charge on any atom is -0.198 e. The van der Waals surface area contributed by atoms with Gasteiger partial charge in [-0.05, 0) is 39.9 Å². The van der Waals surface area contributed by atoms with Crippen molar-refractivity contribution < 1.29 is 0 Å². The summed E-state index contributed by atoms with van der Waals surface area (Å²) in [4.78, 5) is 1.21. The molecule has 0 bridgehead atoms. The maximum absolute atomic E-state index is 8.47. The molecule has 0 aliphatic rings. The highest BCUT2D eigenvalue weighted by atomic mass is 79.9. The Kier molecular flexibility index (Phi) is 3.64. The van der Waals surface area contributed by atoms with Gasteiger partial charge in [0.2, 0.25) is 0 Å². The largest absolute Gasteiger partial charge is 0.198 e. The first kappa shape index (κ1) is 9.63. The standard InChI is InChI=1S/C9H8BrNS/c1-12-9-3-2-7(4-5-11)6-8(9)10/h2-3,6H,4H2,1H3. The van der Waals surface area contributed by atoms with Crippen LogP contribution in [0.25, 0.3) is 0 Å². The summed E-state index contributed by atoms with van der Waals surface area (Å²) in [7, 11) is 0. The molecule has 0 aromatic heterocycles. The summed E-state index contributed by atoms with van der Waals surface area (Å²) >= 11 is 5.14. The van der Waals surface area contributed by atoms with Gasteiger partial charge in [0.25, 0.3) is 0 Å². The zero-order chi connectivity index (χ0) is 8.97. The Morgan fingerprint density at radius 1 is 1.58 bits per heavy atom. The molecule has 0 N–H and O–H groups in total. The predicted molar refractivity (Wildman–Crippen MR) is 55.2 cm³/mol. The smallest absolute Gasteiger partial charge is 0.0669 e. The Hall–Kier alpha value is -0.460. The summed E-state index contributed by atoms with van der Waals surface area (Å²) < 4.78 is 1.07. The summed E-state index contributed by atoms with van der Waals surface area (Å²) in [6.45, 7) is 0. The Bertz CT molecular complexity index is 317. The molecule has 1 nitrogen and oxygen atoms in total. The van der Waals surface area contributed by atoms with Crippen LogP contribution in [0.5, 0.6) is 0 Å². The van der Waals surface area contributed by atoms with Crippen molar-refractivity contribution in [3.05, 3.63) is 28.2 Å². The monoisotopic (exact) mass is 241 g/mol. The fourth-order valence-corrected chi connectivity index (χ4v) is 2.28. The van der Waals surface area contributed by atoms with Crippen LogP contribution in [0, 0.1) is 11.3 Å². The average molecular weight is 242 g/mol. The van der Waals surface area contributed by atoms with Gasteiger partial charge in [0.15, 0.2) is 0 Å². The number of nitriles is 1. The molecular weight excluding hydrogens is 234 g/mol. The van der Waals surface area contributed by atoms with Gasteiger partial charge in [-0.25, -0.2) is 0 Å². The first-order valence-corrected chi connectivity index (χ1v) is 5.49. The second kappa shape index (κ2) is 4.54. The molecular formula is C9H8BrNS. The van der Waals surface area contributed by atoms with Crippen molar-refractivity contribution in [2.75, 3.05) is 6.26 Å². The third kappa shape index (κ3) is 2.26. The Balaban J connectivity index is 2.95. The fraction of sp³-hybridized carbons (Fsp3) is 0.222. The summed E-state index contributed by atoms with van der Waals surface area (Å²) in [6, 6.07) is 8.13. The van der Waals surface area contributed by atoms with Crippen LogP contribution in [-0.4, -0.2) is 6.26 Å². The minimum atomic E-state index is 0.479. The zero-order valence-corrected chi connectivity index (χ0v) is 9.08. The van der Waals surface area contributed by atoms with E-state index in [0.717, 1.165) is 10.0 Å². The number of hydrogen-bond acceptors (Lipinski definition) is 2. The van der Waals surface area contributed by atoms with E-state index in [1.165, 1.54) is 4.90 Å². The molecule has 12 heavy (non-hydrogen) atoms. The van der Waals surface area contributed by atoms with Gasteiger partial charge in [0, 0.05) is 9.37 Å². The van der Waals surface area contributed by atoms with E-state index in [0.29, 0.717) is 6.42 Å². The van der Waals surface area contributed by atoms with E-state index in [1.807, 2.05) is 24.5 Å². The molecule has 0 aliphatic carbocycles. The lowest BCUT2D eigenvalue weighted by Gasteiger charge is -2.01. The lowest BCUT2D eigenvalue weighted by molar-refractivity contribution is 1.23. The van der Waals surface area contributed by atoms with Crippen molar-refractivity contribution in [1.29, 1.82) is 5.26 Å². The second-order valence-corrected chi connectivity index (χ2v) is 4.01. The lowest BCUT2D eigenvalue weighted by atomic mass is 10.2. The van der Waals surface area contributed by atoms with Crippen LogP contribution in [0.4, 0.5) is 0 Å². The molecule has 0 spiro atoms. The van der Waals surface area contributed by atoms with Gasteiger partial charge in [-0.1, -0.05) is 6.07 Å². The molecule has 0 heterocycles. The first-order chi connectivity index (χ1) is 5.77. The molecule has 0 saturated carbocycles. The van der Waals surface area contributed by atoms with Crippen LogP contribution in [0.2, 0.25) is 0 Å². The van der Waals surface area contributed by atoms with E-state index in [9.17, 15) is 0 Å². The number of benzene rings is 1. The number of rotatable bonds is 2. The molecule has 0 fully saturated rings. The van der Waals surface area contributed by atoms with Gasteiger partial charge in [-0.3, -0.25) is 0 Å². The van der Waals surface area contributed by atoms with Crippen LogP contribution < -0.4 is 0 Å². The van der Waals surface area contributed by atoms with Gasteiger partial charge in [-0.15, -0.1) is 11.8 Å². The number of nitrogens with zero attached hydrogens (tertiary/aromatic N) is 1. The van der Waals surface area contributed by atoms with E-state index >= 15 is 0 Å². The molecule has 3 heteroatoms. The van der Waals surface area contributed by atoms with Crippen molar-refractivity contribution in [2.45, 2.75) is 11.3 Å². The number of hydrogen-bond donors (Lipinski definition) is 0. The SMILES string of the molecule is CSc1ccc(CC#N)cc1Br. The topological polar surface area (TPSA) is 23.8 Å². The Labute approximate surface area is 84.9 Å². The van der Waals surface area contributed by atoms with Crippen molar-refractivity contribution in [2.24, 2.45) is 0 Å². The number of thioether (sulfide) groups is 1. The van der Waals surface area contributed by atoms with Crippen LogP contribution in [0.3, 0.4) is 0 Å². The van der Waals surface area contributed by atoms with Crippen LogP contribution >= 0.6 is 27.7 Å². The maximum Gasteiger partial charge on any atom is 0.0669 e. The van der Waals surface area contributed by atoms with Gasteiger partial charge in [-0.2, -0.15) is 5.26 Å².